The predicted octanol–water partition coefficient (Wildman–Crippen LogP) is 6.00. The number of likely N-dealkylation sites (tertiary alicyclic amines) is 1. The van der Waals surface area contributed by atoms with Crippen molar-refractivity contribution in [3.05, 3.63) is 61.7 Å². The van der Waals surface area contributed by atoms with Crippen molar-refractivity contribution in [1.29, 1.82) is 0 Å². The van der Waals surface area contributed by atoms with E-state index in [4.69, 9.17) is 4.74 Å². The van der Waals surface area contributed by atoms with Crippen molar-refractivity contribution in [3.63, 3.8) is 0 Å². The van der Waals surface area contributed by atoms with Gasteiger partial charge in [-0.1, -0.05) is 6.92 Å². The smallest absolute Gasteiger partial charge is 0.255 e. The maximum atomic E-state index is 13.8. The first-order chi connectivity index (χ1) is 19.2. The molecule has 3 aromatic rings. The molecule has 3 aliphatic rings. The molecule has 6 rings (SSSR count). The lowest BCUT2D eigenvalue weighted by Crippen LogP contribution is -2.54. The minimum Gasteiger partial charge on any atom is -0.481 e. The van der Waals surface area contributed by atoms with Gasteiger partial charge in [-0.2, -0.15) is 5.10 Å². The Hall–Kier alpha value is -2.71. The number of carbonyl (C=O) groups excluding carboxylic acids is 1. The molecule has 5 heterocycles. The van der Waals surface area contributed by atoms with Crippen molar-refractivity contribution in [2.75, 3.05) is 26.7 Å². The van der Waals surface area contributed by atoms with E-state index in [1.54, 1.807) is 7.11 Å². The fourth-order valence-electron chi connectivity index (χ4n) is 7.40. The van der Waals surface area contributed by atoms with E-state index in [1.807, 2.05) is 29.4 Å². The number of rotatable bonds is 7. The first-order valence-electron chi connectivity index (χ1n) is 14.9. The molecule has 0 unspecified atom stereocenters. The zero-order chi connectivity index (χ0) is 28.1. The molecule has 0 spiro atoms. The van der Waals surface area contributed by atoms with Crippen molar-refractivity contribution in [3.8, 4) is 5.88 Å². The molecule has 0 bridgehead atoms. The molecule has 0 N–H and O–H groups in total. The molecule has 3 aromatic heterocycles. The molecule has 1 aliphatic carbocycles. The van der Waals surface area contributed by atoms with Gasteiger partial charge in [-0.15, -0.1) is 11.3 Å². The van der Waals surface area contributed by atoms with E-state index in [0.717, 1.165) is 48.4 Å². The molecular weight excluding hydrogens is 518 g/mol. The summed E-state index contributed by atoms with van der Waals surface area (Å²) in [6.07, 6.45) is 7.95. The monoisotopic (exact) mass is 561 g/mol. The number of amides is 1. The van der Waals surface area contributed by atoms with Crippen LogP contribution in [0.2, 0.25) is 0 Å². The summed E-state index contributed by atoms with van der Waals surface area (Å²) >= 11 is 1.91. The van der Waals surface area contributed by atoms with Gasteiger partial charge in [0.25, 0.3) is 5.91 Å². The van der Waals surface area contributed by atoms with Gasteiger partial charge < -0.3 is 9.64 Å². The minimum absolute atomic E-state index is 0.166. The maximum absolute atomic E-state index is 13.8. The highest BCUT2D eigenvalue weighted by molar-refractivity contribution is 7.12. The van der Waals surface area contributed by atoms with Crippen LogP contribution in [0.5, 0.6) is 5.88 Å². The molecule has 2 aliphatic heterocycles. The Bertz CT molecular complexity index is 1400. The van der Waals surface area contributed by atoms with E-state index in [-0.39, 0.29) is 5.91 Å². The largest absolute Gasteiger partial charge is 0.481 e. The van der Waals surface area contributed by atoms with Crippen LogP contribution in [0, 0.1) is 33.6 Å². The summed E-state index contributed by atoms with van der Waals surface area (Å²) in [4.78, 5) is 25.7. The number of hydrogen-bond acceptors (Lipinski definition) is 6. The summed E-state index contributed by atoms with van der Waals surface area (Å²) in [5.74, 6) is 1.99. The van der Waals surface area contributed by atoms with Gasteiger partial charge >= 0.3 is 0 Å². The lowest BCUT2D eigenvalue weighted by molar-refractivity contribution is 0.0262. The fourth-order valence-corrected chi connectivity index (χ4v) is 8.83. The van der Waals surface area contributed by atoms with Crippen molar-refractivity contribution in [2.45, 2.75) is 91.3 Å². The SMILES string of the molecule is COc1nc(C)cc(C)c1CN1CCc2sc([C@H](C)[C@H]3CC[C@H](N4CC(n5nccc5C)C4)CC3)c(C)c2C1=O. The van der Waals surface area contributed by atoms with Crippen LogP contribution in [-0.4, -0.2) is 63.3 Å². The van der Waals surface area contributed by atoms with Crippen LogP contribution in [0.25, 0.3) is 0 Å². The lowest BCUT2D eigenvalue weighted by Gasteiger charge is -2.47. The Morgan fingerprint density at radius 2 is 1.85 bits per heavy atom. The molecule has 8 heteroatoms. The van der Waals surface area contributed by atoms with Gasteiger partial charge in [0.1, 0.15) is 0 Å². The van der Waals surface area contributed by atoms with Crippen molar-refractivity contribution in [1.82, 2.24) is 24.6 Å². The summed E-state index contributed by atoms with van der Waals surface area (Å²) in [5, 5.41) is 4.52. The van der Waals surface area contributed by atoms with Gasteiger partial charge in [-0.05, 0) is 88.5 Å². The van der Waals surface area contributed by atoms with Gasteiger partial charge in [-0.3, -0.25) is 14.4 Å². The van der Waals surface area contributed by atoms with Crippen LogP contribution in [-0.2, 0) is 13.0 Å². The van der Waals surface area contributed by atoms with Gasteiger partial charge in [-0.25, -0.2) is 4.98 Å². The first-order valence-corrected chi connectivity index (χ1v) is 15.7. The third-order valence-electron chi connectivity index (χ3n) is 9.83. The second-order valence-corrected chi connectivity index (χ2v) is 13.5. The highest BCUT2D eigenvalue weighted by atomic mass is 32.1. The van der Waals surface area contributed by atoms with Crippen molar-refractivity contribution < 1.29 is 9.53 Å². The number of ether oxygens (including phenoxy) is 1. The minimum atomic E-state index is 0.166. The number of aryl methyl sites for hydroxylation is 3. The van der Waals surface area contributed by atoms with Crippen LogP contribution in [0.4, 0.5) is 0 Å². The Labute approximate surface area is 242 Å². The molecule has 40 heavy (non-hydrogen) atoms. The third kappa shape index (κ3) is 4.87. The Kier molecular flexibility index (Phi) is 7.51. The molecule has 0 aromatic carbocycles. The molecule has 1 atom stereocenters. The topological polar surface area (TPSA) is 63.5 Å². The summed E-state index contributed by atoms with van der Waals surface area (Å²) in [7, 11) is 1.66. The van der Waals surface area contributed by atoms with Crippen LogP contribution in [0.1, 0.15) is 92.8 Å². The quantitative estimate of drug-likeness (QED) is 0.354. The Morgan fingerprint density at radius 1 is 1.10 bits per heavy atom. The standard InChI is InChI=1S/C32H43N5O2S/c1-19-15-20(2)34-31(39-6)27(19)18-35-14-12-28-29(32(35)38)23(5)30(40-28)22(4)24-7-9-25(10-8-24)36-16-26(17-36)37-21(3)11-13-33-37/h11,13,15,22,24-26H,7-10,12,14,16-18H2,1-6H3/t22-,24-,25-/m1/s1. The number of carbonyl (C=O) groups is 1. The lowest BCUT2D eigenvalue weighted by atomic mass is 9.76. The highest BCUT2D eigenvalue weighted by Gasteiger charge is 2.38. The van der Waals surface area contributed by atoms with E-state index >= 15 is 0 Å². The molecule has 1 saturated carbocycles. The molecule has 1 amide bonds. The Balaban J connectivity index is 1.09. The van der Waals surface area contributed by atoms with Crippen molar-refractivity contribution in [2.24, 2.45) is 5.92 Å². The molecule has 214 valence electrons. The van der Waals surface area contributed by atoms with E-state index in [2.05, 4.69) is 59.5 Å². The first kappa shape index (κ1) is 27.5. The number of pyridine rings is 1. The number of hydrogen-bond donors (Lipinski definition) is 0. The number of methoxy groups -OCH3 is 1. The summed E-state index contributed by atoms with van der Waals surface area (Å²) in [5.41, 5.74) is 6.51. The van der Waals surface area contributed by atoms with Crippen molar-refractivity contribution >= 4 is 17.2 Å². The summed E-state index contributed by atoms with van der Waals surface area (Å²) < 4.78 is 7.78. The normalized spacial score (nSPS) is 22.8. The zero-order valence-corrected chi connectivity index (χ0v) is 25.7. The number of fused-ring (bicyclic) bond motifs is 1. The third-order valence-corrected chi connectivity index (χ3v) is 11.4. The van der Waals surface area contributed by atoms with E-state index < -0.39 is 0 Å². The number of nitrogens with zero attached hydrogens (tertiary/aromatic N) is 5. The molecule has 0 radical (unpaired) electrons. The Morgan fingerprint density at radius 3 is 2.52 bits per heavy atom. The summed E-state index contributed by atoms with van der Waals surface area (Å²) in [6, 6.07) is 5.42. The van der Waals surface area contributed by atoms with Gasteiger partial charge in [0, 0.05) is 65.0 Å². The fraction of sp³-hybridized carbons (Fsp3) is 0.594. The molecule has 7 nitrogen and oxygen atoms in total. The highest BCUT2D eigenvalue weighted by Crippen LogP contribution is 2.45. The number of thiophene rings is 1. The van der Waals surface area contributed by atoms with E-state index in [9.17, 15) is 4.79 Å². The van der Waals surface area contributed by atoms with Crippen LogP contribution in [0.15, 0.2) is 18.3 Å². The van der Waals surface area contributed by atoms with E-state index in [1.165, 1.54) is 46.7 Å². The van der Waals surface area contributed by atoms with Gasteiger partial charge in [0.15, 0.2) is 0 Å². The van der Waals surface area contributed by atoms with Crippen LogP contribution >= 0.6 is 11.3 Å². The van der Waals surface area contributed by atoms with Crippen LogP contribution < -0.4 is 4.74 Å². The molecular formula is C32H43N5O2S. The van der Waals surface area contributed by atoms with Gasteiger partial charge in [0.05, 0.1) is 25.3 Å². The van der Waals surface area contributed by atoms with Gasteiger partial charge in [0.2, 0.25) is 5.88 Å². The zero-order valence-electron chi connectivity index (χ0n) is 24.9. The second-order valence-electron chi connectivity index (χ2n) is 12.3. The number of aromatic nitrogens is 3. The van der Waals surface area contributed by atoms with E-state index in [0.29, 0.717) is 36.3 Å². The summed E-state index contributed by atoms with van der Waals surface area (Å²) in [6.45, 7) is 14.4. The van der Waals surface area contributed by atoms with Crippen LogP contribution in [0.3, 0.4) is 0 Å². The molecule has 2 fully saturated rings. The molecule has 1 saturated heterocycles. The average Bonchev–Trinajstić information content (AvgIpc) is 3.48. The average molecular weight is 562 g/mol. The second kappa shape index (κ2) is 10.9. The maximum Gasteiger partial charge on any atom is 0.255 e. The predicted molar refractivity (Wildman–Crippen MR) is 159 cm³/mol.